The molecule has 1 unspecified atom stereocenters. The van der Waals surface area contributed by atoms with Gasteiger partial charge in [-0.2, -0.15) is 0 Å². The van der Waals surface area contributed by atoms with E-state index in [9.17, 15) is 4.79 Å². The number of carbonyl (C=O) groups excluding carboxylic acids is 1. The predicted octanol–water partition coefficient (Wildman–Crippen LogP) is 1.03. The Labute approximate surface area is 80.1 Å². The van der Waals surface area contributed by atoms with Gasteiger partial charge in [-0.05, 0) is 38.5 Å². The number of hydrogen-bond donors (Lipinski definition) is 2. The van der Waals surface area contributed by atoms with Gasteiger partial charge in [-0.1, -0.05) is 0 Å². The summed E-state index contributed by atoms with van der Waals surface area (Å²) in [5, 5.41) is 2.94. The van der Waals surface area contributed by atoms with E-state index in [1.54, 1.807) is 0 Å². The lowest BCUT2D eigenvalue weighted by Crippen LogP contribution is -2.25. The van der Waals surface area contributed by atoms with Gasteiger partial charge in [0, 0.05) is 19.0 Å². The highest BCUT2D eigenvalue weighted by molar-refractivity contribution is 5.75. The molecule has 0 aromatic heterocycles. The van der Waals surface area contributed by atoms with Crippen LogP contribution in [0.2, 0.25) is 0 Å². The van der Waals surface area contributed by atoms with Crippen LogP contribution in [-0.4, -0.2) is 18.5 Å². The number of nitrogens with two attached hydrogens (primary N) is 1. The Bertz CT molecular complexity index is 164. The van der Waals surface area contributed by atoms with E-state index in [1.807, 2.05) is 6.92 Å². The molecule has 3 nitrogen and oxygen atoms in total. The number of rotatable bonds is 6. The average molecular weight is 184 g/mol. The minimum Gasteiger partial charge on any atom is -0.356 e. The van der Waals surface area contributed by atoms with E-state index in [-0.39, 0.29) is 11.9 Å². The second-order valence-corrected chi connectivity index (χ2v) is 4.12. The predicted molar refractivity (Wildman–Crippen MR) is 53.2 cm³/mol. The minimum atomic E-state index is 0.188. The molecule has 1 saturated carbocycles. The van der Waals surface area contributed by atoms with Crippen LogP contribution in [0.3, 0.4) is 0 Å². The van der Waals surface area contributed by atoms with Crippen LogP contribution in [0.5, 0.6) is 0 Å². The largest absolute Gasteiger partial charge is 0.356 e. The Balaban J connectivity index is 1.90. The Kier molecular flexibility index (Phi) is 4.22. The third-order valence-electron chi connectivity index (χ3n) is 2.35. The highest BCUT2D eigenvalue weighted by Gasteiger charge is 2.21. The molecule has 0 spiro atoms. The molecule has 3 N–H and O–H groups in total. The summed E-state index contributed by atoms with van der Waals surface area (Å²) in [4.78, 5) is 11.2. The van der Waals surface area contributed by atoms with Gasteiger partial charge in [0.05, 0.1) is 0 Å². The van der Waals surface area contributed by atoms with Crippen molar-refractivity contribution in [2.75, 3.05) is 6.54 Å². The fraction of sp³-hybridized carbons (Fsp3) is 0.900. The van der Waals surface area contributed by atoms with Crippen molar-refractivity contribution < 1.29 is 4.79 Å². The summed E-state index contributed by atoms with van der Waals surface area (Å²) in [6.07, 6.45) is 5.07. The highest BCUT2D eigenvalue weighted by atomic mass is 16.1. The van der Waals surface area contributed by atoms with Crippen molar-refractivity contribution >= 4 is 5.91 Å². The van der Waals surface area contributed by atoms with Crippen LogP contribution in [-0.2, 0) is 4.79 Å². The first kappa shape index (κ1) is 10.5. The van der Waals surface area contributed by atoms with Crippen molar-refractivity contribution in [2.24, 2.45) is 11.7 Å². The van der Waals surface area contributed by atoms with E-state index in [2.05, 4.69) is 5.32 Å². The number of nitrogens with one attached hydrogen (secondary N) is 1. The number of amides is 1. The van der Waals surface area contributed by atoms with Gasteiger partial charge in [-0.3, -0.25) is 4.79 Å². The van der Waals surface area contributed by atoms with Crippen LogP contribution >= 0.6 is 0 Å². The molecule has 3 heteroatoms. The van der Waals surface area contributed by atoms with Crippen molar-refractivity contribution in [1.82, 2.24) is 5.32 Å². The summed E-state index contributed by atoms with van der Waals surface area (Å²) in [6.45, 7) is 2.86. The lowest BCUT2D eigenvalue weighted by molar-refractivity contribution is -0.121. The summed E-state index contributed by atoms with van der Waals surface area (Å²) in [6, 6.07) is 0.219. The van der Waals surface area contributed by atoms with Crippen LogP contribution in [0.15, 0.2) is 0 Å². The summed E-state index contributed by atoms with van der Waals surface area (Å²) in [5.74, 6) is 0.963. The zero-order valence-corrected chi connectivity index (χ0v) is 8.38. The van der Waals surface area contributed by atoms with E-state index < -0.39 is 0 Å². The van der Waals surface area contributed by atoms with E-state index >= 15 is 0 Å². The molecule has 0 aliphatic heterocycles. The van der Waals surface area contributed by atoms with E-state index in [4.69, 9.17) is 5.73 Å². The first-order valence-electron chi connectivity index (χ1n) is 5.20. The zero-order chi connectivity index (χ0) is 9.68. The third-order valence-corrected chi connectivity index (χ3v) is 2.35. The molecule has 1 rings (SSSR count). The maximum absolute atomic E-state index is 11.2. The molecule has 13 heavy (non-hydrogen) atoms. The van der Waals surface area contributed by atoms with Gasteiger partial charge >= 0.3 is 0 Å². The van der Waals surface area contributed by atoms with Gasteiger partial charge in [-0.15, -0.1) is 0 Å². The monoisotopic (exact) mass is 184 g/mol. The SMILES string of the molecule is CC(N)CCCC(=O)NCC1CC1. The lowest BCUT2D eigenvalue weighted by Gasteiger charge is -2.05. The van der Waals surface area contributed by atoms with Gasteiger partial charge in [0.2, 0.25) is 5.91 Å². The molecule has 76 valence electrons. The van der Waals surface area contributed by atoms with Crippen LogP contribution in [0.25, 0.3) is 0 Å². The number of hydrogen-bond acceptors (Lipinski definition) is 2. The van der Waals surface area contributed by atoms with E-state index in [1.165, 1.54) is 12.8 Å². The summed E-state index contributed by atoms with van der Waals surface area (Å²) in [7, 11) is 0. The van der Waals surface area contributed by atoms with Crippen LogP contribution in [0, 0.1) is 5.92 Å². The van der Waals surface area contributed by atoms with Crippen LogP contribution < -0.4 is 11.1 Å². The third kappa shape index (κ3) is 5.64. The first-order chi connectivity index (χ1) is 6.18. The lowest BCUT2D eigenvalue weighted by atomic mass is 10.1. The molecule has 1 aliphatic carbocycles. The summed E-state index contributed by atoms with van der Waals surface area (Å²) in [5.41, 5.74) is 5.58. The quantitative estimate of drug-likeness (QED) is 0.648. The molecule has 1 atom stereocenters. The van der Waals surface area contributed by atoms with Gasteiger partial charge in [0.25, 0.3) is 0 Å². The first-order valence-corrected chi connectivity index (χ1v) is 5.20. The van der Waals surface area contributed by atoms with E-state index in [0.29, 0.717) is 6.42 Å². The van der Waals surface area contributed by atoms with Crippen LogP contribution in [0.4, 0.5) is 0 Å². The molecule has 0 heterocycles. The Morgan fingerprint density at radius 3 is 2.85 bits per heavy atom. The highest BCUT2D eigenvalue weighted by Crippen LogP contribution is 2.27. The van der Waals surface area contributed by atoms with Gasteiger partial charge in [0.1, 0.15) is 0 Å². The zero-order valence-electron chi connectivity index (χ0n) is 8.38. The number of carbonyl (C=O) groups is 1. The molecule has 1 amide bonds. The molecule has 0 saturated heterocycles. The fourth-order valence-corrected chi connectivity index (χ4v) is 1.25. The Morgan fingerprint density at radius 2 is 2.31 bits per heavy atom. The van der Waals surface area contributed by atoms with Crippen LogP contribution in [0.1, 0.15) is 39.0 Å². The molecule has 1 fully saturated rings. The molecule has 0 aromatic carbocycles. The summed E-state index contributed by atoms with van der Waals surface area (Å²) < 4.78 is 0. The average Bonchev–Trinajstić information content (AvgIpc) is 2.83. The molecule has 0 aromatic rings. The van der Waals surface area contributed by atoms with Crippen molar-refractivity contribution in [2.45, 2.75) is 45.1 Å². The summed E-state index contributed by atoms with van der Waals surface area (Å²) >= 11 is 0. The van der Waals surface area contributed by atoms with Crippen molar-refractivity contribution in [3.05, 3.63) is 0 Å². The van der Waals surface area contributed by atoms with Gasteiger partial charge in [0.15, 0.2) is 0 Å². The topological polar surface area (TPSA) is 55.1 Å². The smallest absolute Gasteiger partial charge is 0.220 e. The van der Waals surface area contributed by atoms with Gasteiger partial charge < -0.3 is 11.1 Å². The van der Waals surface area contributed by atoms with E-state index in [0.717, 1.165) is 25.3 Å². The molecule has 0 bridgehead atoms. The second-order valence-electron chi connectivity index (χ2n) is 4.12. The normalized spacial score (nSPS) is 18.3. The standard InChI is InChI=1S/C10H20N2O/c1-8(11)3-2-4-10(13)12-7-9-5-6-9/h8-9H,2-7,11H2,1H3,(H,12,13). The molecular formula is C10H20N2O. The maximum Gasteiger partial charge on any atom is 0.220 e. The van der Waals surface area contributed by atoms with Crippen molar-refractivity contribution in [1.29, 1.82) is 0 Å². The maximum atomic E-state index is 11.2. The molecule has 1 aliphatic rings. The second kappa shape index (κ2) is 5.22. The molecular weight excluding hydrogens is 164 g/mol. The Hall–Kier alpha value is -0.570. The molecule has 0 radical (unpaired) electrons. The Morgan fingerprint density at radius 1 is 1.62 bits per heavy atom. The van der Waals surface area contributed by atoms with Crippen molar-refractivity contribution in [3.63, 3.8) is 0 Å². The van der Waals surface area contributed by atoms with Gasteiger partial charge in [-0.25, -0.2) is 0 Å². The minimum absolute atomic E-state index is 0.188. The van der Waals surface area contributed by atoms with Crippen molar-refractivity contribution in [3.8, 4) is 0 Å². The fourth-order valence-electron chi connectivity index (χ4n) is 1.25.